The molecule has 0 aliphatic rings. The second-order valence-electron chi connectivity index (χ2n) is 3.47. The van der Waals surface area contributed by atoms with Gasteiger partial charge in [-0.25, -0.2) is 0 Å². The molecule has 10 heavy (non-hydrogen) atoms. The van der Waals surface area contributed by atoms with Crippen molar-refractivity contribution in [1.29, 1.82) is 5.41 Å². The zero-order valence-corrected chi connectivity index (χ0v) is 7.35. The van der Waals surface area contributed by atoms with Crippen LogP contribution >= 0.6 is 0 Å². The first kappa shape index (κ1) is 9.67. The first-order valence-electron chi connectivity index (χ1n) is 4.17. The van der Waals surface area contributed by atoms with Gasteiger partial charge in [0.05, 0.1) is 0 Å². The monoisotopic (exact) mass is 141 g/mol. The van der Waals surface area contributed by atoms with Crippen LogP contribution in [0.1, 0.15) is 40.0 Å². The van der Waals surface area contributed by atoms with Crippen molar-refractivity contribution in [2.45, 2.75) is 40.0 Å². The van der Waals surface area contributed by atoms with E-state index < -0.39 is 0 Å². The van der Waals surface area contributed by atoms with Crippen molar-refractivity contribution in [1.82, 2.24) is 0 Å². The summed E-state index contributed by atoms with van der Waals surface area (Å²) in [6, 6.07) is 0. The summed E-state index contributed by atoms with van der Waals surface area (Å²) in [6.07, 6.45) is 5.30. The van der Waals surface area contributed by atoms with Crippen LogP contribution in [0.15, 0.2) is 0 Å². The summed E-state index contributed by atoms with van der Waals surface area (Å²) in [4.78, 5) is 0. The molecule has 60 valence electrons. The number of rotatable bonds is 5. The lowest BCUT2D eigenvalue weighted by Crippen LogP contribution is -1.96. The summed E-state index contributed by atoms with van der Waals surface area (Å²) in [7, 11) is 0. The van der Waals surface area contributed by atoms with E-state index in [4.69, 9.17) is 5.41 Å². The van der Waals surface area contributed by atoms with E-state index in [1.165, 1.54) is 19.3 Å². The average Bonchev–Trinajstić information content (AvgIpc) is 1.87. The predicted octanol–water partition coefficient (Wildman–Crippen LogP) is 3.10. The van der Waals surface area contributed by atoms with E-state index in [0.717, 1.165) is 5.92 Å². The molecule has 0 aliphatic heterocycles. The van der Waals surface area contributed by atoms with E-state index in [9.17, 15) is 0 Å². The van der Waals surface area contributed by atoms with Gasteiger partial charge in [0.2, 0.25) is 0 Å². The van der Waals surface area contributed by atoms with Crippen molar-refractivity contribution in [3.05, 3.63) is 0 Å². The molecule has 0 aliphatic carbocycles. The molecule has 0 saturated heterocycles. The second-order valence-corrected chi connectivity index (χ2v) is 3.47. The largest absolute Gasteiger partial charge is 0.313 e. The molecule has 1 heteroatoms. The van der Waals surface area contributed by atoms with E-state index in [0.29, 0.717) is 5.92 Å². The van der Waals surface area contributed by atoms with Crippen LogP contribution in [-0.2, 0) is 0 Å². The molecule has 1 N–H and O–H groups in total. The first-order valence-corrected chi connectivity index (χ1v) is 4.17. The fourth-order valence-electron chi connectivity index (χ4n) is 0.931. The average molecular weight is 141 g/mol. The van der Waals surface area contributed by atoms with Crippen molar-refractivity contribution < 1.29 is 0 Å². The van der Waals surface area contributed by atoms with Gasteiger partial charge in [0.15, 0.2) is 0 Å². The summed E-state index contributed by atoms with van der Waals surface area (Å²) in [6.45, 7) is 6.59. The van der Waals surface area contributed by atoms with E-state index in [1.807, 2.05) is 0 Å². The summed E-state index contributed by atoms with van der Waals surface area (Å²) < 4.78 is 0. The predicted molar refractivity (Wildman–Crippen MR) is 46.6 cm³/mol. The van der Waals surface area contributed by atoms with Crippen molar-refractivity contribution in [3.63, 3.8) is 0 Å². The van der Waals surface area contributed by atoms with Gasteiger partial charge in [-0.05, 0) is 24.5 Å². The van der Waals surface area contributed by atoms with Crippen LogP contribution in [0.25, 0.3) is 0 Å². The van der Waals surface area contributed by atoms with Gasteiger partial charge < -0.3 is 5.41 Å². The number of nitrogens with one attached hydrogen (secondary N) is 1. The molecule has 1 nitrogen and oxygen atoms in total. The molecular weight excluding hydrogens is 122 g/mol. The Labute approximate surface area is 64.3 Å². The Hall–Kier alpha value is -0.330. The third kappa shape index (κ3) is 5.80. The smallest absolute Gasteiger partial charge is 0.00195 e. The van der Waals surface area contributed by atoms with E-state index in [2.05, 4.69) is 20.8 Å². The van der Waals surface area contributed by atoms with Crippen LogP contribution in [0.2, 0.25) is 0 Å². The maximum atomic E-state index is 6.97. The minimum Gasteiger partial charge on any atom is -0.313 e. The SMILES string of the molecule is CC(C)CCCC(C)C=N. The van der Waals surface area contributed by atoms with Crippen molar-refractivity contribution in [2.24, 2.45) is 11.8 Å². The van der Waals surface area contributed by atoms with Gasteiger partial charge in [-0.1, -0.05) is 33.6 Å². The summed E-state index contributed by atoms with van der Waals surface area (Å²) in [5.74, 6) is 1.30. The highest BCUT2D eigenvalue weighted by Crippen LogP contribution is 2.10. The Bertz CT molecular complexity index is 86.7. The van der Waals surface area contributed by atoms with E-state index in [-0.39, 0.29) is 0 Å². The Balaban J connectivity index is 3.11. The molecule has 0 radical (unpaired) electrons. The highest BCUT2D eigenvalue weighted by Gasteiger charge is 1.98. The lowest BCUT2D eigenvalue weighted by molar-refractivity contribution is 0.513. The van der Waals surface area contributed by atoms with Crippen LogP contribution in [0.4, 0.5) is 0 Å². The highest BCUT2D eigenvalue weighted by molar-refractivity contribution is 5.55. The minimum absolute atomic E-state index is 0.485. The van der Waals surface area contributed by atoms with E-state index >= 15 is 0 Å². The number of hydrogen-bond donors (Lipinski definition) is 1. The zero-order valence-electron chi connectivity index (χ0n) is 7.35. The highest BCUT2D eigenvalue weighted by atomic mass is 14.3. The summed E-state index contributed by atoms with van der Waals surface area (Å²) in [5, 5.41) is 6.97. The van der Waals surface area contributed by atoms with Crippen LogP contribution in [0.3, 0.4) is 0 Å². The molecule has 0 fully saturated rings. The molecule has 0 bridgehead atoms. The van der Waals surface area contributed by atoms with Crippen molar-refractivity contribution in [2.75, 3.05) is 0 Å². The molecule has 0 aromatic carbocycles. The summed E-state index contributed by atoms with van der Waals surface area (Å²) >= 11 is 0. The normalized spacial score (nSPS) is 13.6. The van der Waals surface area contributed by atoms with Gasteiger partial charge in [0.1, 0.15) is 0 Å². The second kappa shape index (κ2) is 5.45. The Morgan fingerprint density at radius 2 is 1.80 bits per heavy atom. The molecule has 0 spiro atoms. The summed E-state index contributed by atoms with van der Waals surface area (Å²) in [5.41, 5.74) is 0. The third-order valence-corrected chi connectivity index (χ3v) is 1.73. The maximum absolute atomic E-state index is 6.97. The topological polar surface area (TPSA) is 23.9 Å². The first-order chi connectivity index (χ1) is 4.66. The van der Waals surface area contributed by atoms with Gasteiger partial charge in [-0.3, -0.25) is 0 Å². The molecule has 0 saturated carbocycles. The number of hydrogen-bond acceptors (Lipinski definition) is 1. The Morgan fingerprint density at radius 3 is 2.20 bits per heavy atom. The molecule has 0 amide bonds. The molecule has 0 rings (SSSR count). The lowest BCUT2D eigenvalue weighted by Gasteiger charge is -2.05. The molecular formula is C9H19N. The van der Waals surface area contributed by atoms with Gasteiger partial charge in [-0.2, -0.15) is 0 Å². The molecule has 1 unspecified atom stereocenters. The lowest BCUT2D eigenvalue weighted by atomic mass is 10.0. The van der Waals surface area contributed by atoms with Gasteiger partial charge >= 0.3 is 0 Å². The fraction of sp³-hybridized carbons (Fsp3) is 0.889. The maximum Gasteiger partial charge on any atom is -0.00195 e. The van der Waals surface area contributed by atoms with Gasteiger partial charge in [-0.15, -0.1) is 0 Å². The van der Waals surface area contributed by atoms with Gasteiger partial charge in [0.25, 0.3) is 0 Å². The van der Waals surface area contributed by atoms with Crippen LogP contribution in [0, 0.1) is 17.2 Å². The third-order valence-electron chi connectivity index (χ3n) is 1.73. The Kier molecular flexibility index (Phi) is 5.27. The van der Waals surface area contributed by atoms with Crippen LogP contribution < -0.4 is 0 Å². The van der Waals surface area contributed by atoms with Crippen LogP contribution in [-0.4, -0.2) is 6.21 Å². The Morgan fingerprint density at radius 1 is 1.20 bits per heavy atom. The van der Waals surface area contributed by atoms with Crippen LogP contribution in [0.5, 0.6) is 0 Å². The van der Waals surface area contributed by atoms with Crippen molar-refractivity contribution >= 4 is 6.21 Å². The van der Waals surface area contributed by atoms with Gasteiger partial charge in [0, 0.05) is 0 Å². The molecule has 0 heterocycles. The molecule has 1 atom stereocenters. The minimum atomic E-state index is 0.485. The standard InChI is InChI=1S/C9H19N/c1-8(2)5-4-6-9(3)7-10/h7-10H,4-6H2,1-3H3. The fourth-order valence-corrected chi connectivity index (χ4v) is 0.931. The molecule has 0 aromatic rings. The molecule has 0 aromatic heterocycles. The van der Waals surface area contributed by atoms with E-state index in [1.54, 1.807) is 6.21 Å². The zero-order chi connectivity index (χ0) is 7.98. The van der Waals surface area contributed by atoms with Crippen molar-refractivity contribution in [3.8, 4) is 0 Å². The quantitative estimate of drug-likeness (QED) is 0.569.